The van der Waals surface area contributed by atoms with Crippen molar-refractivity contribution in [3.63, 3.8) is 0 Å². The van der Waals surface area contributed by atoms with Crippen molar-refractivity contribution in [1.29, 1.82) is 0 Å². The normalized spacial score (nSPS) is 24.8. The lowest BCUT2D eigenvalue weighted by Gasteiger charge is -2.20. The minimum absolute atomic E-state index is 0.00108. The van der Waals surface area contributed by atoms with Gasteiger partial charge in [-0.2, -0.15) is 0 Å². The molecule has 3 nitrogen and oxygen atoms in total. The second kappa shape index (κ2) is 6.01. The Hall–Kier alpha value is -1.35. The van der Waals surface area contributed by atoms with Gasteiger partial charge in [0.15, 0.2) is 0 Å². The van der Waals surface area contributed by atoms with Crippen LogP contribution in [0.4, 0.5) is 0 Å². The fraction of sp³-hybridized carbons (Fsp3) is 0.533. The first-order valence-corrected chi connectivity index (χ1v) is 6.68. The molecule has 0 aromatic heterocycles. The van der Waals surface area contributed by atoms with Gasteiger partial charge in [0.05, 0.1) is 5.92 Å². The molecular formula is C15H21NO2. The zero-order valence-corrected chi connectivity index (χ0v) is 10.8. The molecule has 98 valence electrons. The zero-order chi connectivity index (χ0) is 13.0. The third kappa shape index (κ3) is 2.91. The molecule has 3 unspecified atom stereocenters. The SMILES string of the molecule is CC(OC(=O)C1CCCC1CN)c1ccccc1. The quantitative estimate of drug-likeness (QED) is 0.832. The van der Waals surface area contributed by atoms with Crippen molar-refractivity contribution in [2.75, 3.05) is 6.54 Å². The maximum Gasteiger partial charge on any atom is 0.309 e. The highest BCUT2D eigenvalue weighted by Gasteiger charge is 2.33. The predicted molar refractivity (Wildman–Crippen MR) is 70.8 cm³/mol. The second-order valence-corrected chi connectivity index (χ2v) is 5.02. The molecule has 2 N–H and O–H groups in total. The number of carbonyl (C=O) groups excluding carboxylic acids is 1. The first kappa shape index (κ1) is 13.1. The number of esters is 1. The molecule has 0 aliphatic heterocycles. The molecule has 1 aromatic carbocycles. The summed E-state index contributed by atoms with van der Waals surface area (Å²) in [6.45, 7) is 2.50. The highest BCUT2D eigenvalue weighted by Crippen LogP contribution is 2.33. The van der Waals surface area contributed by atoms with Crippen LogP contribution in [0.5, 0.6) is 0 Å². The van der Waals surface area contributed by atoms with Crippen molar-refractivity contribution >= 4 is 5.97 Å². The summed E-state index contributed by atoms with van der Waals surface area (Å²) in [6.07, 6.45) is 2.87. The van der Waals surface area contributed by atoms with Gasteiger partial charge in [0.2, 0.25) is 0 Å². The Labute approximate surface area is 108 Å². The van der Waals surface area contributed by atoms with Gasteiger partial charge >= 0.3 is 5.97 Å². The van der Waals surface area contributed by atoms with E-state index < -0.39 is 0 Å². The Morgan fingerprint density at radius 3 is 2.78 bits per heavy atom. The average Bonchev–Trinajstić information content (AvgIpc) is 2.88. The molecule has 1 saturated carbocycles. The van der Waals surface area contributed by atoms with Gasteiger partial charge in [0, 0.05) is 0 Å². The number of nitrogens with two attached hydrogens (primary N) is 1. The van der Waals surface area contributed by atoms with E-state index >= 15 is 0 Å². The first-order valence-electron chi connectivity index (χ1n) is 6.68. The molecule has 1 aromatic rings. The molecule has 0 heterocycles. The molecule has 1 fully saturated rings. The van der Waals surface area contributed by atoms with Crippen LogP contribution in [-0.4, -0.2) is 12.5 Å². The van der Waals surface area contributed by atoms with E-state index in [0.29, 0.717) is 12.5 Å². The number of rotatable bonds is 4. The van der Waals surface area contributed by atoms with E-state index in [1.165, 1.54) is 0 Å². The summed E-state index contributed by atoms with van der Waals surface area (Å²) in [5.41, 5.74) is 6.73. The molecule has 1 aliphatic rings. The van der Waals surface area contributed by atoms with E-state index in [1.54, 1.807) is 0 Å². The highest BCUT2D eigenvalue weighted by molar-refractivity contribution is 5.73. The molecule has 0 radical (unpaired) electrons. The summed E-state index contributed by atoms with van der Waals surface area (Å²) < 4.78 is 5.56. The topological polar surface area (TPSA) is 52.3 Å². The molecule has 0 spiro atoms. The van der Waals surface area contributed by atoms with Gasteiger partial charge in [-0.15, -0.1) is 0 Å². The molecule has 0 bridgehead atoms. The van der Waals surface area contributed by atoms with Crippen LogP contribution in [0.3, 0.4) is 0 Å². The van der Waals surface area contributed by atoms with Crippen molar-refractivity contribution in [3.05, 3.63) is 35.9 Å². The van der Waals surface area contributed by atoms with Gasteiger partial charge in [-0.3, -0.25) is 4.79 Å². The van der Waals surface area contributed by atoms with Gasteiger partial charge in [-0.25, -0.2) is 0 Å². The van der Waals surface area contributed by atoms with Gasteiger partial charge in [-0.1, -0.05) is 36.8 Å². The molecule has 3 atom stereocenters. The Bertz CT molecular complexity index is 391. The van der Waals surface area contributed by atoms with E-state index in [4.69, 9.17) is 10.5 Å². The molecule has 3 heteroatoms. The average molecular weight is 247 g/mol. The molecule has 0 saturated heterocycles. The van der Waals surface area contributed by atoms with E-state index in [-0.39, 0.29) is 18.0 Å². The largest absolute Gasteiger partial charge is 0.458 e. The monoisotopic (exact) mass is 247 g/mol. The summed E-state index contributed by atoms with van der Waals surface area (Å²) in [5, 5.41) is 0. The number of hydrogen-bond donors (Lipinski definition) is 1. The molecule has 1 aliphatic carbocycles. The van der Waals surface area contributed by atoms with Crippen LogP contribution in [0.1, 0.15) is 37.9 Å². The zero-order valence-electron chi connectivity index (χ0n) is 10.8. The maximum absolute atomic E-state index is 12.1. The second-order valence-electron chi connectivity index (χ2n) is 5.02. The van der Waals surface area contributed by atoms with Crippen LogP contribution < -0.4 is 5.73 Å². The lowest BCUT2D eigenvalue weighted by Crippen LogP contribution is -2.27. The molecule has 2 rings (SSSR count). The van der Waals surface area contributed by atoms with Crippen LogP contribution in [0, 0.1) is 11.8 Å². The van der Waals surface area contributed by atoms with E-state index in [9.17, 15) is 4.79 Å². The van der Waals surface area contributed by atoms with E-state index in [0.717, 1.165) is 24.8 Å². The standard InChI is InChI=1S/C15H21NO2/c1-11(12-6-3-2-4-7-12)18-15(17)14-9-5-8-13(14)10-16/h2-4,6-7,11,13-14H,5,8-10,16H2,1H3. The maximum atomic E-state index is 12.1. The van der Waals surface area contributed by atoms with Crippen LogP contribution in [0.25, 0.3) is 0 Å². The summed E-state index contributed by atoms with van der Waals surface area (Å²) in [6, 6.07) is 9.83. The summed E-state index contributed by atoms with van der Waals surface area (Å²) in [7, 11) is 0. The van der Waals surface area contributed by atoms with E-state index in [2.05, 4.69) is 0 Å². The number of benzene rings is 1. The third-order valence-corrected chi connectivity index (χ3v) is 3.83. The summed E-state index contributed by atoms with van der Waals surface area (Å²) in [4.78, 5) is 12.1. The Morgan fingerprint density at radius 2 is 2.11 bits per heavy atom. The molecular weight excluding hydrogens is 226 g/mol. The van der Waals surface area contributed by atoms with Crippen molar-refractivity contribution in [1.82, 2.24) is 0 Å². The Morgan fingerprint density at radius 1 is 1.39 bits per heavy atom. The molecule has 18 heavy (non-hydrogen) atoms. The Balaban J connectivity index is 1.95. The van der Waals surface area contributed by atoms with Gasteiger partial charge in [-0.05, 0) is 37.8 Å². The van der Waals surface area contributed by atoms with Crippen molar-refractivity contribution in [2.45, 2.75) is 32.3 Å². The van der Waals surface area contributed by atoms with Crippen molar-refractivity contribution < 1.29 is 9.53 Å². The number of hydrogen-bond acceptors (Lipinski definition) is 3. The van der Waals surface area contributed by atoms with Crippen molar-refractivity contribution in [2.24, 2.45) is 17.6 Å². The van der Waals surface area contributed by atoms with Crippen LogP contribution in [0.15, 0.2) is 30.3 Å². The van der Waals surface area contributed by atoms with Crippen LogP contribution in [0.2, 0.25) is 0 Å². The minimum atomic E-state index is -0.183. The highest BCUT2D eigenvalue weighted by atomic mass is 16.5. The first-order chi connectivity index (χ1) is 8.72. The smallest absolute Gasteiger partial charge is 0.309 e. The molecule has 0 amide bonds. The summed E-state index contributed by atoms with van der Waals surface area (Å²) >= 11 is 0. The van der Waals surface area contributed by atoms with Gasteiger partial charge in [0.25, 0.3) is 0 Å². The van der Waals surface area contributed by atoms with Crippen LogP contribution in [-0.2, 0) is 9.53 Å². The van der Waals surface area contributed by atoms with Crippen LogP contribution >= 0.6 is 0 Å². The number of ether oxygens (including phenoxy) is 1. The predicted octanol–water partition coefficient (Wildman–Crippen LogP) is 2.67. The lowest BCUT2D eigenvalue weighted by molar-refractivity contribution is -0.154. The van der Waals surface area contributed by atoms with Gasteiger partial charge in [0.1, 0.15) is 6.10 Å². The number of carbonyl (C=O) groups is 1. The fourth-order valence-corrected chi connectivity index (χ4v) is 2.68. The fourth-order valence-electron chi connectivity index (χ4n) is 2.68. The van der Waals surface area contributed by atoms with Gasteiger partial charge < -0.3 is 10.5 Å². The third-order valence-electron chi connectivity index (χ3n) is 3.83. The van der Waals surface area contributed by atoms with Crippen molar-refractivity contribution in [3.8, 4) is 0 Å². The lowest BCUT2D eigenvalue weighted by atomic mass is 9.96. The Kier molecular flexibility index (Phi) is 4.37. The summed E-state index contributed by atoms with van der Waals surface area (Å²) in [5.74, 6) is 0.223. The minimum Gasteiger partial charge on any atom is -0.458 e. The van der Waals surface area contributed by atoms with E-state index in [1.807, 2.05) is 37.3 Å².